The molecule has 19 heavy (non-hydrogen) atoms. The van der Waals surface area contributed by atoms with Crippen molar-refractivity contribution in [3.8, 4) is 0 Å². The third-order valence-corrected chi connectivity index (χ3v) is 3.93. The van der Waals surface area contributed by atoms with E-state index in [1.807, 2.05) is 19.3 Å². The average molecular weight is 322 g/mol. The van der Waals surface area contributed by atoms with Crippen molar-refractivity contribution in [1.82, 2.24) is 15.1 Å². The number of nitrogens with one attached hydrogen (secondary N) is 1. The second kappa shape index (κ2) is 6.35. The van der Waals surface area contributed by atoms with Crippen LogP contribution in [0, 0.1) is 0 Å². The Morgan fingerprint density at radius 2 is 2.00 bits per heavy atom. The molecule has 0 saturated heterocycles. The Morgan fingerprint density at radius 1 is 1.26 bits per heavy atom. The van der Waals surface area contributed by atoms with E-state index < -0.39 is 0 Å². The number of benzene rings is 1. The van der Waals surface area contributed by atoms with Crippen LogP contribution in [-0.4, -0.2) is 16.8 Å². The Labute approximate surface area is 123 Å². The molecular weight excluding hydrogens is 302 g/mol. The van der Waals surface area contributed by atoms with Crippen molar-refractivity contribution >= 4 is 15.9 Å². The van der Waals surface area contributed by atoms with E-state index in [1.54, 1.807) is 0 Å². The van der Waals surface area contributed by atoms with Gasteiger partial charge in [0, 0.05) is 22.3 Å². The zero-order valence-electron chi connectivity index (χ0n) is 11.7. The maximum atomic E-state index is 4.55. The van der Waals surface area contributed by atoms with Crippen LogP contribution in [0.25, 0.3) is 0 Å². The maximum absolute atomic E-state index is 4.55. The van der Waals surface area contributed by atoms with Crippen molar-refractivity contribution < 1.29 is 0 Å². The lowest BCUT2D eigenvalue weighted by Gasteiger charge is -2.13. The van der Waals surface area contributed by atoms with Gasteiger partial charge in [0.25, 0.3) is 0 Å². The highest BCUT2D eigenvalue weighted by Gasteiger charge is 2.14. The largest absolute Gasteiger partial charge is 0.316 e. The fourth-order valence-corrected chi connectivity index (χ4v) is 2.75. The first-order valence-corrected chi connectivity index (χ1v) is 7.35. The van der Waals surface area contributed by atoms with Crippen molar-refractivity contribution in [3.63, 3.8) is 0 Å². The number of aromatic nitrogens is 2. The molecule has 0 unspecified atom stereocenters. The molecule has 1 aromatic carbocycles. The van der Waals surface area contributed by atoms with Crippen LogP contribution in [0.5, 0.6) is 0 Å². The summed E-state index contributed by atoms with van der Waals surface area (Å²) in [7, 11) is 1.97. The summed E-state index contributed by atoms with van der Waals surface area (Å²) in [4.78, 5) is 0. The summed E-state index contributed by atoms with van der Waals surface area (Å²) in [5.74, 6) is 0.466. The van der Waals surface area contributed by atoms with Gasteiger partial charge in [0.2, 0.25) is 0 Å². The van der Waals surface area contributed by atoms with Crippen molar-refractivity contribution in [1.29, 1.82) is 0 Å². The molecule has 1 N–H and O–H groups in total. The van der Waals surface area contributed by atoms with Crippen molar-refractivity contribution in [2.45, 2.75) is 32.9 Å². The highest BCUT2D eigenvalue weighted by Crippen LogP contribution is 2.23. The molecule has 1 aromatic heterocycles. The van der Waals surface area contributed by atoms with Gasteiger partial charge in [-0.2, -0.15) is 5.10 Å². The van der Waals surface area contributed by atoms with Crippen molar-refractivity contribution in [2.24, 2.45) is 0 Å². The summed E-state index contributed by atoms with van der Waals surface area (Å²) in [6, 6.07) is 8.30. The van der Waals surface area contributed by atoms with Gasteiger partial charge >= 0.3 is 0 Å². The Balaban J connectivity index is 2.33. The first-order valence-electron chi connectivity index (χ1n) is 6.56. The second-order valence-corrected chi connectivity index (χ2v) is 5.84. The summed E-state index contributed by atoms with van der Waals surface area (Å²) in [6.07, 6.45) is 1.97. The molecule has 0 saturated carbocycles. The van der Waals surface area contributed by atoms with Gasteiger partial charge in [-0.15, -0.1) is 0 Å². The summed E-state index contributed by atoms with van der Waals surface area (Å²) in [5, 5.41) is 7.75. The minimum Gasteiger partial charge on any atom is -0.316 e. The van der Waals surface area contributed by atoms with Gasteiger partial charge in [-0.3, -0.25) is 4.68 Å². The molecule has 0 atom stereocenters. The van der Waals surface area contributed by atoms with Crippen LogP contribution in [0.4, 0.5) is 0 Å². The Kier molecular flexibility index (Phi) is 4.77. The van der Waals surface area contributed by atoms with Gasteiger partial charge in [0.15, 0.2) is 0 Å². The van der Waals surface area contributed by atoms with E-state index >= 15 is 0 Å². The van der Waals surface area contributed by atoms with Gasteiger partial charge in [0.05, 0.1) is 12.7 Å². The molecular formula is C15H20BrN3. The fourth-order valence-electron chi connectivity index (χ4n) is 2.34. The normalized spacial score (nSPS) is 11.2. The number of hydrogen-bond donors (Lipinski definition) is 1. The van der Waals surface area contributed by atoms with E-state index in [9.17, 15) is 0 Å². The van der Waals surface area contributed by atoms with Gasteiger partial charge in [-0.25, -0.2) is 0 Å². The Bertz CT molecular complexity index is 546. The predicted molar refractivity (Wildman–Crippen MR) is 82.3 cm³/mol. The van der Waals surface area contributed by atoms with Crippen LogP contribution in [0.2, 0.25) is 0 Å². The summed E-state index contributed by atoms with van der Waals surface area (Å²) in [5.41, 5.74) is 3.85. The van der Waals surface area contributed by atoms with Gasteiger partial charge < -0.3 is 5.32 Å². The quantitative estimate of drug-likeness (QED) is 0.912. The molecule has 0 aliphatic rings. The summed E-state index contributed by atoms with van der Waals surface area (Å²) in [6.45, 7) is 6.10. The minimum absolute atomic E-state index is 0.466. The third kappa shape index (κ3) is 3.25. The average Bonchev–Trinajstić information content (AvgIpc) is 2.76. The van der Waals surface area contributed by atoms with E-state index in [4.69, 9.17) is 0 Å². The monoisotopic (exact) mass is 321 g/mol. The first-order chi connectivity index (χ1) is 9.13. The number of nitrogens with zero attached hydrogens (tertiary/aromatic N) is 2. The third-order valence-electron chi connectivity index (χ3n) is 3.15. The molecule has 0 spiro atoms. The molecule has 2 rings (SSSR count). The molecule has 0 aliphatic carbocycles. The number of hydrogen-bond acceptors (Lipinski definition) is 2. The van der Waals surface area contributed by atoms with Crippen LogP contribution in [-0.2, 0) is 13.1 Å². The van der Waals surface area contributed by atoms with Gasteiger partial charge in [-0.1, -0.05) is 48.0 Å². The SMILES string of the molecule is CNCc1cnn(Cc2ccccc2Br)c1C(C)C. The maximum Gasteiger partial charge on any atom is 0.0673 e. The zero-order valence-corrected chi connectivity index (χ0v) is 13.2. The highest BCUT2D eigenvalue weighted by atomic mass is 79.9. The fraction of sp³-hybridized carbons (Fsp3) is 0.400. The molecule has 0 aliphatic heterocycles. The lowest BCUT2D eigenvalue weighted by Crippen LogP contribution is -2.12. The molecule has 3 nitrogen and oxygen atoms in total. The molecule has 0 bridgehead atoms. The molecule has 0 amide bonds. The number of halogens is 1. The van der Waals surface area contributed by atoms with Gasteiger partial charge in [-0.05, 0) is 24.6 Å². The topological polar surface area (TPSA) is 29.9 Å². The predicted octanol–water partition coefficient (Wildman–Crippen LogP) is 3.54. The zero-order chi connectivity index (χ0) is 13.8. The Hall–Kier alpha value is -1.13. The van der Waals surface area contributed by atoms with E-state index in [0.29, 0.717) is 5.92 Å². The van der Waals surface area contributed by atoms with Crippen molar-refractivity contribution in [2.75, 3.05) is 7.05 Å². The Morgan fingerprint density at radius 3 is 2.63 bits per heavy atom. The summed E-state index contributed by atoms with van der Waals surface area (Å²) >= 11 is 3.60. The van der Waals surface area contributed by atoms with E-state index in [2.05, 4.69) is 63.1 Å². The van der Waals surface area contributed by atoms with Crippen LogP contribution < -0.4 is 5.32 Å². The molecule has 102 valence electrons. The van der Waals surface area contributed by atoms with E-state index in [-0.39, 0.29) is 0 Å². The lowest BCUT2D eigenvalue weighted by atomic mass is 10.1. The van der Waals surface area contributed by atoms with Crippen LogP contribution >= 0.6 is 15.9 Å². The molecule has 0 fully saturated rings. The lowest BCUT2D eigenvalue weighted by molar-refractivity contribution is 0.610. The molecule has 2 aromatic rings. The van der Waals surface area contributed by atoms with E-state index in [0.717, 1.165) is 17.6 Å². The smallest absolute Gasteiger partial charge is 0.0673 e. The second-order valence-electron chi connectivity index (χ2n) is 4.99. The highest BCUT2D eigenvalue weighted by molar-refractivity contribution is 9.10. The minimum atomic E-state index is 0.466. The van der Waals surface area contributed by atoms with Crippen LogP contribution in [0.1, 0.15) is 36.6 Å². The van der Waals surface area contributed by atoms with Crippen molar-refractivity contribution in [3.05, 3.63) is 51.8 Å². The van der Waals surface area contributed by atoms with Crippen LogP contribution in [0.3, 0.4) is 0 Å². The standard InChI is InChI=1S/C15H20BrN3/c1-11(2)15-13(8-17-3)9-18-19(15)10-12-6-4-5-7-14(12)16/h4-7,9,11,17H,8,10H2,1-3H3. The van der Waals surface area contributed by atoms with Crippen LogP contribution in [0.15, 0.2) is 34.9 Å². The van der Waals surface area contributed by atoms with Gasteiger partial charge in [0.1, 0.15) is 0 Å². The first kappa shape index (κ1) is 14.3. The van der Waals surface area contributed by atoms with E-state index in [1.165, 1.54) is 16.8 Å². The summed E-state index contributed by atoms with van der Waals surface area (Å²) < 4.78 is 3.24. The molecule has 4 heteroatoms. The molecule has 0 radical (unpaired) electrons. The molecule has 1 heterocycles. The number of rotatable bonds is 5.